The van der Waals surface area contributed by atoms with Crippen LogP contribution in [0.3, 0.4) is 0 Å². The molecule has 1 fully saturated rings. The van der Waals surface area contributed by atoms with Gasteiger partial charge in [0.1, 0.15) is 6.10 Å². The first kappa shape index (κ1) is 15.0. The van der Waals surface area contributed by atoms with Gasteiger partial charge in [-0.25, -0.2) is 0 Å². The number of carbonyl (C=O) groups is 1. The highest BCUT2D eigenvalue weighted by molar-refractivity contribution is 9.09. The van der Waals surface area contributed by atoms with E-state index in [0.717, 1.165) is 23.7 Å². The molecule has 0 aromatic carbocycles. The van der Waals surface area contributed by atoms with Crippen molar-refractivity contribution in [3.05, 3.63) is 24.3 Å². The molecule has 0 aromatic rings. The Hall–Kier alpha value is -0.410. The number of ketones is 1. The zero-order valence-corrected chi connectivity index (χ0v) is 13.6. The minimum Gasteiger partial charge on any atom is -0.373 e. The average Bonchev–Trinajstić information content (AvgIpc) is 2.40. The van der Waals surface area contributed by atoms with E-state index in [-0.39, 0.29) is 29.1 Å². The molecular weight excluding hydrogens is 304 g/mol. The molecule has 2 nitrogen and oxygen atoms in total. The highest BCUT2D eigenvalue weighted by Gasteiger charge is 2.53. The molecule has 1 saturated carbocycles. The third kappa shape index (κ3) is 2.36. The highest BCUT2D eigenvalue weighted by Crippen LogP contribution is 2.52. The van der Waals surface area contributed by atoms with Crippen LogP contribution in [0, 0.1) is 23.2 Å². The fourth-order valence-electron chi connectivity index (χ4n) is 3.66. The number of Topliss-reactive ketones (excluding diaryl/α,β-unsaturated/α-hetero) is 1. The molecule has 0 amide bonds. The minimum atomic E-state index is -0.335. The highest BCUT2D eigenvalue weighted by atomic mass is 79.9. The zero-order chi connectivity index (χ0) is 14.2. The Balaban J connectivity index is 2.39. The molecule has 0 N–H and O–H groups in total. The molecule has 5 atom stereocenters. The molecule has 0 aromatic heterocycles. The Kier molecular flexibility index (Phi) is 4.36. The van der Waals surface area contributed by atoms with E-state index >= 15 is 0 Å². The third-order valence-corrected chi connectivity index (χ3v) is 5.94. The number of carbonyl (C=O) groups excluding carboxylic acids is 1. The maximum atomic E-state index is 12.7. The van der Waals surface area contributed by atoms with E-state index in [2.05, 4.69) is 48.5 Å². The van der Waals surface area contributed by atoms with Gasteiger partial charge >= 0.3 is 0 Å². The van der Waals surface area contributed by atoms with Crippen LogP contribution in [0.1, 0.15) is 26.7 Å². The van der Waals surface area contributed by atoms with Gasteiger partial charge in [0.05, 0.1) is 0 Å². The number of hydrogen-bond acceptors (Lipinski definition) is 2. The first-order valence-electron chi connectivity index (χ1n) is 6.92. The summed E-state index contributed by atoms with van der Waals surface area (Å²) in [5.74, 6) is 0.883. The number of halogens is 1. The van der Waals surface area contributed by atoms with Crippen molar-refractivity contribution in [1.82, 2.24) is 0 Å². The van der Waals surface area contributed by atoms with Crippen molar-refractivity contribution in [3.63, 3.8) is 0 Å². The van der Waals surface area contributed by atoms with Crippen LogP contribution < -0.4 is 0 Å². The molecule has 5 unspecified atom stereocenters. The summed E-state index contributed by atoms with van der Waals surface area (Å²) in [4.78, 5) is 12.7. The second-order valence-electron chi connectivity index (χ2n) is 6.21. The van der Waals surface area contributed by atoms with Crippen LogP contribution >= 0.6 is 15.9 Å². The van der Waals surface area contributed by atoms with Crippen molar-refractivity contribution >= 4 is 21.7 Å². The minimum absolute atomic E-state index is 0.000533. The standard InChI is InChI=1S/C16H23BrO2/c1-10(9-17)12-8-16(3)11(2)6-5-7-13(16)14(18)15(12)19-4/h5,7,11-13,15H,1,6,8-9H2,2-4H3. The SMILES string of the molecule is C=C(CBr)C1CC2(C)C(C)CC=CC2C(=O)C1OC. The van der Waals surface area contributed by atoms with Crippen molar-refractivity contribution < 1.29 is 9.53 Å². The predicted octanol–water partition coefficient (Wildman–Crippen LogP) is 3.76. The molecule has 2 aliphatic rings. The summed E-state index contributed by atoms with van der Waals surface area (Å²) in [6.45, 7) is 8.64. The number of ether oxygens (including phenoxy) is 1. The number of allylic oxidation sites excluding steroid dienone is 2. The average molecular weight is 327 g/mol. The van der Waals surface area contributed by atoms with Crippen LogP contribution in [0.15, 0.2) is 24.3 Å². The lowest BCUT2D eigenvalue weighted by molar-refractivity contribution is -0.147. The Bertz CT molecular complexity index is 415. The quantitative estimate of drug-likeness (QED) is 0.583. The first-order chi connectivity index (χ1) is 8.95. The van der Waals surface area contributed by atoms with Gasteiger partial charge in [-0.15, -0.1) is 0 Å². The lowest BCUT2D eigenvalue weighted by atomic mass is 9.54. The van der Waals surface area contributed by atoms with Crippen LogP contribution in [0.2, 0.25) is 0 Å². The maximum absolute atomic E-state index is 12.7. The molecule has 3 heteroatoms. The Morgan fingerprint density at radius 2 is 2.32 bits per heavy atom. The van der Waals surface area contributed by atoms with Crippen LogP contribution in [0.25, 0.3) is 0 Å². The summed E-state index contributed by atoms with van der Waals surface area (Å²) >= 11 is 3.47. The number of rotatable bonds is 3. The van der Waals surface area contributed by atoms with Crippen LogP contribution in [-0.4, -0.2) is 24.3 Å². The van der Waals surface area contributed by atoms with E-state index in [9.17, 15) is 4.79 Å². The van der Waals surface area contributed by atoms with Gasteiger partial charge in [-0.3, -0.25) is 4.79 Å². The van der Waals surface area contributed by atoms with Crippen molar-refractivity contribution in [1.29, 1.82) is 0 Å². The van der Waals surface area contributed by atoms with Gasteiger partial charge in [-0.05, 0) is 24.2 Å². The van der Waals surface area contributed by atoms with E-state index < -0.39 is 0 Å². The fraction of sp³-hybridized carbons (Fsp3) is 0.688. The van der Waals surface area contributed by atoms with Crippen molar-refractivity contribution in [2.24, 2.45) is 23.2 Å². The van der Waals surface area contributed by atoms with E-state index in [1.54, 1.807) is 7.11 Å². The third-order valence-electron chi connectivity index (χ3n) is 5.22. The normalized spacial score (nSPS) is 42.0. The Labute approximate surface area is 124 Å². The van der Waals surface area contributed by atoms with Crippen molar-refractivity contribution in [2.45, 2.75) is 32.8 Å². The summed E-state index contributed by atoms with van der Waals surface area (Å²) < 4.78 is 5.50. The summed E-state index contributed by atoms with van der Waals surface area (Å²) in [6, 6.07) is 0. The van der Waals surface area contributed by atoms with Crippen LogP contribution in [0.4, 0.5) is 0 Å². The monoisotopic (exact) mass is 326 g/mol. The van der Waals surface area contributed by atoms with Gasteiger partial charge in [-0.1, -0.05) is 54.1 Å². The van der Waals surface area contributed by atoms with Gasteiger partial charge in [0, 0.05) is 24.3 Å². The molecule has 2 aliphatic carbocycles. The fourth-order valence-corrected chi connectivity index (χ4v) is 4.07. The summed E-state index contributed by atoms with van der Waals surface area (Å²) in [6.07, 6.45) is 5.96. The largest absolute Gasteiger partial charge is 0.373 e. The summed E-state index contributed by atoms with van der Waals surface area (Å²) in [5.41, 5.74) is 1.11. The molecule has 0 saturated heterocycles. The number of fused-ring (bicyclic) bond motifs is 1. The Morgan fingerprint density at radius 1 is 1.63 bits per heavy atom. The predicted molar refractivity (Wildman–Crippen MR) is 81.4 cm³/mol. The van der Waals surface area contributed by atoms with E-state index in [4.69, 9.17) is 4.74 Å². The summed E-state index contributed by atoms with van der Waals surface area (Å²) in [7, 11) is 1.63. The lowest BCUT2D eigenvalue weighted by Crippen LogP contribution is -2.53. The zero-order valence-electron chi connectivity index (χ0n) is 12.0. The number of alkyl halides is 1. The molecule has 0 radical (unpaired) electrons. The van der Waals surface area contributed by atoms with E-state index in [1.165, 1.54) is 0 Å². The van der Waals surface area contributed by atoms with Gasteiger partial charge in [0.2, 0.25) is 0 Å². The van der Waals surface area contributed by atoms with E-state index in [0.29, 0.717) is 5.92 Å². The number of methoxy groups -OCH3 is 1. The molecule has 0 bridgehead atoms. The Morgan fingerprint density at radius 3 is 2.89 bits per heavy atom. The second-order valence-corrected chi connectivity index (χ2v) is 6.77. The maximum Gasteiger partial charge on any atom is 0.169 e. The van der Waals surface area contributed by atoms with E-state index in [1.807, 2.05) is 0 Å². The van der Waals surface area contributed by atoms with Gasteiger partial charge in [0.15, 0.2) is 5.78 Å². The van der Waals surface area contributed by atoms with Gasteiger partial charge in [0.25, 0.3) is 0 Å². The molecule has 106 valence electrons. The van der Waals surface area contributed by atoms with Crippen LogP contribution in [-0.2, 0) is 9.53 Å². The van der Waals surface area contributed by atoms with Gasteiger partial charge in [-0.2, -0.15) is 0 Å². The summed E-state index contributed by atoms with van der Waals surface area (Å²) in [5, 5.41) is 0.732. The van der Waals surface area contributed by atoms with Crippen molar-refractivity contribution in [3.8, 4) is 0 Å². The lowest BCUT2D eigenvalue weighted by Gasteiger charge is -2.51. The smallest absolute Gasteiger partial charge is 0.169 e. The molecule has 0 heterocycles. The topological polar surface area (TPSA) is 26.3 Å². The number of hydrogen-bond donors (Lipinski definition) is 0. The van der Waals surface area contributed by atoms with Crippen LogP contribution in [0.5, 0.6) is 0 Å². The first-order valence-corrected chi connectivity index (χ1v) is 8.04. The molecule has 19 heavy (non-hydrogen) atoms. The van der Waals surface area contributed by atoms with Gasteiger partial charge < -0.3 is 4.74 Å². The molecular formula is C16H23BrO2. The van der Waals surface area contributed by atoms with Crippen molar-refractivity contribution in [2.75, 3.05) is 12.4 Å². The molecule has 0 aliphatic heterocycles. The molecule has 0 spiro atoms. The molecule has 2 rings (SSSR count). The second kappa shape index (κ2) is 5.53.